The number of nitrogens with one attached hydrogen (secondary N) is 1. The summed E-state index contributed by atoms with van der Waals surface area (Å²) in [4.78, 5) is 17.1. The first-order chi connectivity index (χ1) is 13.1. The molecule has 0 radical (unpaired) electrons. The van der Waals surface area contributed by atoms with Gasteiger partial charge in [0, 0.05) is 23.6 Å². The molecule has 1 amide bonds. The molecule has 4 rings (SSSR count). The fraction of sp³-hybridized carbons (Fsp3) is 0.130. The molecule has 1 N–H and O–H groups in total. The topological polar surface area (TPSA) is 46.4 Å². The number of fused-ring (bicyclic) bond motifs is 1. The first kappa shape index (κ1) is 17.0. The Morgan fingerprint density at radius 1 is 1.04 bits per heavy atom. The van der Waals surface area contributed by atoms with E-state index >= 15 is 0 Å². The van der Waals surface area contributed by atoms with E-state index in [1.807, 2.05) is 91.3 Å². The molecular weight excluding hydrogens is 334 g/mol. The van der Waals surface area contributed by atoms with Gasteiger partial charge in [-0.2, -0.15) is 0 Å². The number of carbonyl (C=O) groups is 1. The number of hydrogen-bond donors (Lipinski definition) is 1. The Labute approximate surface area is 158 Å². The average Bonchev–Trinajstić information content (AvgIpc) is 3.08. The summed E-state index contributed by atoms with van der Waals surface area (Å²) in [5.41, 5.74) is 6.89. The normalized spacial score (nSPS) is 10.9. The lowest BCUT2D eigenvalue weighted by molar-refractivity contribution is -0.115. The van der Waals surface area contributed by atoms with Crippen LogP contribution in [0.2, 0.25) is 0 Å². The van der Waals surface area contributed by atoms with Gasteiger partial charge < -0.3 is 9.72 Å². The molecule has 4 heteroatoms. The lowest BCUT2D eigenvalue weighted by atomic mass is 10.1. The SMILES string of the molecule is Cc1cccc(CC(=O)Nc2cccc(-c3cn4cccc(C)c4n3)c2)c1. The molecule has 0 bridgehead atoms. The summed E-state index contributed by atoms with van der Waals surface area (Å²) in [5.74, 6) is -0.0244. The number of anilines is 1. The highest BCUT2D eigenvalue weighted by molar-refractivity contribution is 5.93. The van der Waals surface area contributed by atoms with Crippen LogP contribution in [0.25, 0.3) is 16.9 Å². The van der Waals surface area contributed by atoms with Gasteiger partial charge in [0.15, 0.2) is 0 Å². The highest BCUT2D eigenvalue weighted by Crippen LogP contribution is 2.23. The molecular formula is C23H21N3O. The van der Waals surface area contributed by atoms with Crippen LogP contribution in [0.15, 0.2) is 73.1 Å². The van der Waals surface area contributed by atoms with E-state index in [1.54, 1.807) is 0 Å². The zero-order valence-electron chi connectivity index (χ0n) is 15.4. The minimum absolute atomic E-state index is 0.0244. The number of hydrogen-bond acceptors (Lipinski definition) is 2. The van der Waals surface area contributed by atoms with Crippen LogP contribution in [-0.4, -0.2) is 15.3 Å². The molecule has 0 aliphatic heterocycles. The van der Waals surface area contributed by atoms with E-state index in [9.17, 15) is 4.79 Å². The Morgan fingerprint density at radius 3 is 2.70 bits per heavy atom. The summed E-state index contributed by atoms with van der Waals surface area (Å²) in [5, 5.41) is 2.99. The molecule has 4 aromatic rings. The minimum Gasteiger partial charge on any atom is -0.326 e. The number of rotatable bonds is 4. The quantitative estimate of drug-likeness (QED) is 0.571. The van der Waals surface area contributed by atoms with Crippen LogP contribution in [0.1, 0.15) is 16.7 Å². The summed E-state index contributed by atoms with van der Waals surface area (Å²) in [6.45, 7) is 4.08. The van der Waals surface area contributed by atoms with E-state index in [0.29, 0.717) is 6.42 Å². The Balaban J connectivity index is 1.55. The summed E-state index contributed by atoms with van der Waals surface area (Å²) in [6.07, 6.45) is 4.36. The lowest BCUT2D eigenvalue weighted by Gasteiger charge is -2.07. The van der Waals surface area contributed by atoms with Crippen molar-refractivity contribution in [3.05, 3.63) is 89.7 Å². The van der Waals surface area contributed by atoms with Crippen LogP contribution < -0.4 is 5.32 Å². The van der Waals surface area contributed by atoms with Gasteiger partial charge in [0.1, 0.15) is 5.65 Å². The standard InChI is InChI=1S/C23H21N3O/c1-16-6-3-8-18(12-16)13-22(27)24-20-10-4-9-19(14-20)21-15-26-11-5-7-17(2)23(26)25-21/h3-12,14-15H,13H2,1-2H3,(H,24,27). The monoisotopic (exact) mass is 355 g/mol. The number of amides is 1. The molecule has 0 saturated carbocycles. The van der Waals surface area contributed by atoms with E-state index in [-0.39, 0.29) is 5.91 Å². The molecule has 27 heavy (non-hydrogen) atoms. The van der Waals surface area contributed by atoms with Gasteiger partial charge in [-0.3, -0.25) is 4.79 Å². The summed E-state index contributed by atoms with van der Waals surface area (Å²) < 4.78 is 2.02. The number of nitrogens with zero attached hydrogens (tertiary/aromatic N) is 2. The van der Waals surface area contributed by atoms with Crippen LogP contribution in [0, 0.1) is 13.8 Å². The lowest BCUT2D eigenvalue weighted by Crippen LogP contribution is -2.14. The minimum atomic E-state index is -0.0244. The van der Waals surface area contributed by atoms with Crippen LogP contribution in [0.4, 0.5) is 5.69 Å². The highest BCUT2D eigenvalue weighted by Gasteiger charge is 2.09. The van der Waals surface area contributed by atoms with Gasteiger partial charge in [0.2, 0.25) is 5.91 Å². The third-order valence-corrected chi connectivity index (χ3v) is 4.57. The van der Waals surface area contributed by atoms with Crippen LogP contribution in [-0.2, 0) is 11.2 Å². The first-order valence-electron chi connectivity index (χ1n) is 8.99. The van der Waals surface area contributed by atoms with Crippen molar-refractivity contribution in [2.45, 2.75) is 20.3 Å². The number of imidazole rings is 1. The number of benzene rings is 2. The van der Waals surface area contributed by atoms with Gasteiger partial charge in [0.05, 0.1) is 12.1 Å². The zero-order chi connectivity index (χ0) is 18.8. The molecule has 0 spiro atoms. The third-order valence-electron chi connectivity index (χ3n) is 4.57. The van der Waals surface area contributed by atoms with Gasteiger partial charge in [-0.25, -0.2) is 4.98 Å². The third kappa shape index (κ3) is 3.75. The Bertz CT molecular complexity index is 1130. The maximum absolute atomic E-state index is 12.4. The molecule has 2 heterocycles. The molecule has 4 nitrogen and oxygen atoms in total. The number of pyridine rings is 1. The van der Waals surface area contributed by atoms with Crippen molar-refractivity contribution in [3.63, 3.8) is 0 Å². The Hall–Kier alpha value is -3.40. The Morgan fingerprint density at radius 2 is 1.89 bits per heavy atom. The van der Waals surface area contributed by atoms with Crippen molar-refractivity contribution in [2.75, 3.05) is 5.32 Å². The molecule has 0 saturated heterocycles. The van der Waals surface area contributed by atoms with Crippen LogP contribution >= 0.6 is 0 Å². The van der Waals surface area contributed by atoms with E-state index in [1.165, 1.54) is 0 Å². The molecule has 0 fully saturated rings. The summed E-state index contributed by atoms with van der Waals surface area (Å²) in [6, 6.07) is 19.9. The predicted molar refractivity (Wildman–Crippen MR) is 109 cm³/mol. The van der Waals surface area contributed by atoms with Crippen molar-refractivity contribution in [1.29, 1.82) is 0 Å². The summed E-state index contributed by atoms with van der Waals surface area (Å²) >= 11 is 0. The number of aromatic nitrogens is 2. The maximum Gasteiger partial charge on any atom is 0.228 e. The molecule has 0 aliphatic rings. The van der Waals surface area contributed by atoms with Crippen molar-refractivity contribution in [2.24, 2.45) is 0 Å². The summed E-state index contributed by atoms with van der Waals surface area (Å²) in [7, 11) is 0. The maximum atomic E-state index is 12.4. The van der Waals surface area contributed by atoms with E-state index in [2.05, 4.69) is 5.32 Å². The van der Waals surface area contributed by atoms with Gasteiger partial charge >= 0.3 is 0 Å². The second-order valence-corrected chi connectivity index (χ2v) is 6.84. The van der Waals surface area contributed by atoms with Crippen LogP contribution in [0.5, 0.6) is 0 Å². The van der Waals surface area contributed by atoms with Crippen molar-refractivity contribution in [3.8, 4) is 11.3 Å². The molecule has 0 atom stereocenters. The van der Waals surface area contributed by atoms with Crippen LogP contribution in [0.3, 0.4) is 0 Å². The van der Waals surface area contributed by atoms with Gasteiger partial charge in [0.25, 0.3) is 0 Å². The smallest absolute Gasteiger partial charge is 0.228 e. The number of carbonyl (C=O) groups excluding carboxylic acids is 1. The fourth-order valence-corrected chi connectivity index (χ4v) is 3.26. The second kappa shape index (κ2) is 7.08. The highest BCUT2D eigenvalue weighted by atomic mass is 16.1. The Kier molecular flexibility index (Phi) is 4.47. The van der Waals surface area contributed by atoms with Gasteiger partial charge in [-0.05, 0) is 43.2 Å². The first-order valence-corrected chi connectivity index (χ1v) is 8.99. The van der Waals surface area contributed by atoms with Crippen molar-refractivity contribution >= 4 is 17.2 Å². The predicted octanol–water partition coefficient (Wildman–Crippen LogP) is 4.80. The van der Waals surface area contributed by atoms with E-state index < -0.39 is 0 Å². The second-order valence-electron chi connectivity index (χ2n) is 6.84. The van der Waals surface area contributed by atoms with E-state index in [4.69, 9.17) is 4.98 Å². The van der Waals surface area contributed by atoms with Gasteiger partial charge in [-0.15, -0.1) is 0 Å². The molecule has 134 valence electrons. The van der Waals surface area contributed by atoms with E-state index in [0.717, 1.165) is 39.3 Å². The molecule has 2 aromatic carbocycles. The number of aryl methyl sites for hydroxylation is 2. The average molecular weight is 355 g/mol. The van der Waals surface area contributed by atoms with Crippen molar-refractivity contribution in [1.82, 2.24) is 9.38 Å². The molecule has 0 aliphatic carbocycles. The van der Waals surface area contributed by atoms with Crippen molar-refractivity contribution < 1.29 is 4.79 Å². The molecule has 2 aromatic heterocycles. The fourth-order valence-electron chi connectivity index (χ4n) is 3.26. The zero-order valence-corrected chi connectivity index (χ0v) is 15.4. The van der Waals surface area contributed by atoms with Gasteiger partial charge in [-0.1, -0.05) is 48.0 Å². The molecule has 0 unspecified atom stereocenters. The largest absolute Gasteiger partial charge is 0.326 e.